The summed E-state index contributed by atoms with van der Waals surface area (Å²) in [6.07, 6.45) is 0.0212. The Bertz CT molecular complexity index is 420. The molecule has 0 saturated heterocycles. The lowest BCUT2D eigenvalue weighted by Crippen LogP contribution is -2.51. The van der Waals surface area contributed by atoms with Crippen molar-refractivity contribution in [2.24, 2.45) is 0 Å². The second kappa shape index (κ2) is 9.52. The van der Waals surface area contributed by atoms with Crippen molar-refractivity contribution in [2.75, 3.05) is 26.1 Å². The van der Waals surface area contributed by atoms with E-state index in [9.17, 15) is 4.79 Å². The van der Waals surface area contributed by atoms with Crippen molar-refractivity contribution in [1.29, 1.82) is 0 Å². The summed E-state index contributed by atoms with van der Waals surface area (Å²) in [5.41, 5.74) is 0.503. The largest absolute Gasteiger partial charge is 0.540 e. The minimum absolute atomic E-state index is 0.0212. The second-order valence-electron chi connectivity index (χ2n) is 4.07. The SMILES string of the molecule is CCO[Si](COC(=O)c1ccc(I)cc1)(OCC)OCC. The molecule has 0 aliphatic rings. The van der Waals surface area contributed by atoms with E-state index in [0.717, 1.165) is 3.57 Å². The molecule has 0 aromatic heterocycles. The first-order valence-electron chi connectivity index (χ1n) is 6.91. The molecule has 0 spiro atoms. The van der Waals surface area contributed by atoms with Crippen LogP contribution in [0.15, 0.2) is 24.3 Å². The van der Waals surface area contributed by atoms with Crippen molar-refractivity contribution >= 4 is 37.4 Å². The van der Waals surface area contributed by atoms with Gasteiger partial charge in [-0.05, 0) is 67.6 Å². The summed E-state index contributed by atoms with van der Waals surface area (Å²) in [5, 5.41) is 0. The lowest BCUT2D eigenvalue weighted by Gasteiger charge is -2.27. The highest BCUT2D eigenvalue weighted by molar-refractivity contribution is 14.1. The van der Waals surface area contributed by atoms with Gasteiger partial charge in [0.1, 0.15) is 0 Å². The molecule has 0 aliphatic heterocycles. The van der Waals surface area contributed by atoms with E-state index < -0.39 is 14.8 Å². The summed E-state index contributed by atoms with van der Waals surface area (Å²) >= 11 is 2.18. The van der Waals surface area contributed by atoms with Gasteiger partial charge in [-0.15, -0.1) is 0 Å². The van der Waals surface area contributed by atoms with Crippen LogP contribution in [0.4, 0.5) is 0 Å². The van der Waals surface area contributed by atoms with Gasteiger partial charge in [-0.1, -0.05) is 0 Å². The van der Waals surface area contributed by atoms with Gasteiger partial charge in [-0.25, -0.2) is 4.79 Å². The van der Waals surface area contributed by atoms with Crippen LogP contribution in [0.3, 0.4) is 0 Å². The smallest absolute Gasteiger partial charge is 0.457 e. The van der Waals surface area contributed by atoms with Crippen molar-refractivity contribution < 1.29 is 22.8 Å². The normalized spacial score (nSPS) is 11.4. The molecule has 0 aliphatic carbocycles. The highest BCUT2D eigenvalue weighted by Crippen LogP contribution is 2.13. The van der Waals surface area contributed by atoms with Gasteiger partial charge >= 0.3 is 14.8 Å². The number of hydrogen-bond acceptors (Lipinski definition) is 5. The minimum atomic E-state index is -2.95. The van der Waals surface area contributed by atoms with E-state index in [0.29, 0.717) is 25.4 Å². The zero-order valence-electron chi connectivity index (χ0n) is 12.6. The predicted octanol–water partition coefficient (Wildman–Crippen LogP) is 3.04. The van der Waals surface area contributed by atoms with E-state index in [2.05, 4.69) is 22.6 Å². The average Bonchev–Trinajstić information content (AvgIpc) is 2.46. The van der Waals surface area contributed by atoms with E-state index in [1.807, 2.05) is 32.9 Å². The zero-order valence-corrected chi connectivity index (χ0v) is 15.7. The molecule has 1 aromatic rings. The summed E-state index contributed by atoms with van der Waals surface area (Å²) in [5.74, 6) is -0.401. The fourth-order valence-corrected chi connectivity index (χ4v) is 4.22. The Morgan fingerprint density at radius 2 is 1.48 bits per heavy atom. The highest BCUT2D eigenvalue weighted by Gasteiger charge is 2.42. The molecule has 0 fully saturated rings. The maximum absolute atomic E-state index is 12.0. The third-order valence-corrected chi connectivity index (χ3v) is 5.96. The topological polar surface area (TPSA) is 54.0 Å². The van der Waals surface area contributed by atoms with Crippen LogP contribution in [0.25, 0.3) is 0 Å². The van der Waals surface area contributed by atoms with Gasteiger partial charge < -0.3 is 18.0 Å². The quantitative estimate of drug-likeness (QED) is 0.347. The van der Waals surface area contributed by atoms with Gasteiger partial charge in [0.05, 0.1) is 5.56 Å². The Hall–Kier alpha value is -0.483. The fraction of sp³-hybridized carbons (Fsp3) is 0.500. The summed E-state index contributed by atoms with van der Waals surface area (Å²) in [4.78, 5) is 12.0. The van der Waals surface area contributed by atoms with E-state index in [4.69, 9.17) is 18.0 Å². The number of carbonyl (C=O) groups is 1. The Balaban J connectivity index is 2.70. The number of esters is 1. The molecular weight excluding hydrogens is 403 g/mol. The van der Waals surface area contributed by atoms with Crippen molar-refractivity contribution in [1.82, 2.24) is 0 Å². The standard InChI is InChI=1S/C14H21IO5Si/c1-4-18-21(19-5-2,20-6-3)11-17-14(16)12-7-9-13(15)10-8-12/h7-10H,4-6,11H2,1-3H3. The molecule has 0 atom stereocenters. The van der Waals surface area contributed by atoms with Crippen molar-refractivity contribution in [2.45, 2.75) is 20.8 Å². The third-order valence-electron chi connectivity index (χ3n) is 2.55. The molecule has 118 valence electrons. The van der Waals surface area contributed by atoms with Crippen LogP contribution >= 0.6 is 22.6 Å². The zero-order chi connectivity index (χ0) is 15.7. The molecule has 1 rings (SSSR count). The van der Waals surface area contributed by atoms with E-state index >= 15 is 0 Å². The number of halogens is 1. The molecule has 0 bridgehead atoms. The molecule has 21 heavy (non-hydrogen) atoms. The lowest BCUT2D eigenvalue weighted by molar-refractivity contribution is 0.0247. The van der Waals surface area contributed by atoms with Crippen LogP contribution in [-0.4, -0.2) is 40.8 Å². The van der Waals surface area contributed by atoms with Crippen LogP contribution in [0.2, 0.25) is 0 Å². The Kier molecular flexibility index (Phi) is 8.41. The average molecular weight is 424 g/mol. The van der Waals surface area contributed by atoms with Gasteiger partial charge in [0, 0.05) is 23.4 Å². The summed E-state index contributed by atoms with van der Waals surface area (Å²) in [6, 6.07) is 7.18. The first-order chi connectivity index (χ1) is 10.1. The van der Waals surface area contributed by atoms with Crippen LogP contribution in [0.1, 0.15) is 31.1 Å². The molecule has 1 aromatic carbocycles. The van der Waals surface area contributed by atoms with Gasteiger partial charge in [0.15, 0.2) is 6.23 Å². The molecule has 0 saturated carbocycles. The third kappa shape index (κ3) is 6.03. The van der Waals surface area contributed by atoms with Crippen LogP contribution < -0.4 is 0 Å². The second-order valence-corrected chi connectivity index (χ2v) is 7.83. The molecule has 0 N–H and O–H groups in total. The molecule has 0 unspecified atom stereocenters. The Labute approximate surface area is 140 Å². The summed E-state index contributed by atoms with van der Waals surface area (Å²) < 4.78 is 23.3. The fourth-order valence-electron chi connectivity index (χ4n) is 1.73. The van der Waals surface area contributed by atoms with Gasteiger partial charge in [0.25, 0.3) is 0 Å². The first kappa shape index (κ1) is 18.6. The lowest BCUT2D eigenvalue weighted by atomic mass is 10.2. The Morgan fingerprint density at radius 1 is 1.00 bits per heavy atom. The highest BCUT2D eigenvalue weighted by atomic mass is 127. The van der Waals surface area contributed by atoms with Crippen LogP contribution in [-0.2, 0) is 18.0 Å². The van der Waals surface area contributed by atoms with E-state index in [1.54, 1.807) is 12.1 Å². The number of ether oxygens (including phenoxy) is 1. The summed E-state index contributed by atoms with van der Waals surface area (Å²) in [6.45, 7) is 6.94. The monoisotopic (exact) mass is 424 g/mol. The molecule has 0 heterocycles. The minimum Gasteiger partial charge on any atom is -0.457 e. The maximum Gasteiger partial charge on any atom is 0.540 e. The molecule has 5 nitrogen and oxygen atoms in total. The predicted molar refractivity (Wildman–Crippen MR) is 90.1 cm³/mol. The molecule has 0 amide bonds. The molecule has 7 heteroatoms. The maximum atomic E-state index is 12.0. The number of carbonyl (C=O) groups excluding carboxylic acids is 1. The van der Waals surface area contributed by atoms with Gasteiger partial charge in [0.2, 0.25) is 0 Å². The van der Waals surface area contributed by atoms with Crippen molar-refractivity contribution in [3.63, 3.8) is 0 Å². The summed E-state index contributed by atoms with van der Waals surface area (Å²) in [7, 11) is -2.95. The van der Waals surface area contributed by atoms with Crippen LogP contribution in [0.5, 0.6) is 0 Å². The number of benzene rings is 1. The number of hydrogen-bond donors (Lipinski definition) is 0. The first-order valence-corrected chi connectivity index (χ1v) is 9.92. The van der Waals surface area contributed by atoms with Crippen LogP contribution in [0, 0.1) is 3.57 Å². The molecule has 0 radical (unpaired) electrons. The molecular formula is C14H21IO5Si. The Morgan fingerprint density at radius 3 is 1.90 bits per heavy atom. The van der Waals surface area contributed by atoms with E-state index in [1.165, 1.54) is 0 Å². The van der Waals surface area contributed by atoms with Gasteiger partial charge in [-0.3, -0.25) is 0 Å². The van der Waals surface area contributed by atoms with E-state index in [-0.39, 0.29) is 6.23 Å². The van der Waals surface area contributed by atoms with Crippen molar-refractivity contribution in [3.05, 3.63) is 33.4 Å². The number of rotatable bonds is 9. The van der Waals surface area contributed by atoms with Crippen molar-refractivity contribution in [3.8, 4) is 0 Å². The van der Waals surface area contributed by atoms with Gasteiger partial charge in [-0.2, -0.15) is 0 Å².